The van der Waals surface area contributed by atoms with Gasteiger partial charge in [-0.2, -0.15) is 21.9 Å². The Hall–Kier alpha value is -3.87. The minimum absolute atomic E-state index is 0.355. The zero-order valence-corrected chi connectivity index (χ0v) is 19.1. The molecule has 2 rings (SSSR count). The predicted octanol–water partition coefficient (Wildman–Crippen LogP) is -1.57. The van der Waals surface area contributed by atoms with Crippen molar-refractivity contribution in [3.8, 4) is 0 Å². The molecule has 18 heteroatoms. The minimum Gasteiger partial charge on any atom is -0.477 e. The third-order valence-corrected chi connectivity index (χ3v) is 5.63. The quantitative estimate of drug-likeness (QED) is 0.123. The lowest BCUT2D eigenvalue weighted by atomic mass is 10.1. The maximum absolute atomic E-state index is 12.3. The Bertz CT molecular complexity index is 1440. The molecule has 1 aromatic rings. The molecule has 0 bridgehead atoms. The number of rotatable bonds is 11. The first-order valence-electron chi connectivity index (χ1n) is 9.26. The van der Waals surface area contributed by atoms with Crippen LogP contribution in [0.4, 0.5) is 0 Å². The fraction of sp³-hybridized carbons (Fsp3) is 0.235. The Morgan fingerprint density at radius 2 is 1.51 bits per heavy atom. The molecule has 1 amide bonds. The van der Waals surface area contributed by atoms with Crippen molar-refractivity contribution in [1.82, 2.24) is 14.8 Å². The monoisotopic (exact) mass is 534 g/mol. The van der Waals surface area contributed by atoms with Crippen LogP contribution in [0.15, 0.2) is 39.8 Å². The van der Waals surface area contributed by atoms with Crippen molar-refractivity contribution in [3.05, 3.63) is 51.5 Å². The second kappa shape index (κ2) is 10.6. The van der Waals surface area contributed by atoms with Gasteiger partial charge in [0.05, 0.1) is 35.7 Å². The van der Waals surface area contributed by atoms with E-state index in [1.807, 2.05) is 0 Å². The van der Waals surface area contributed by atoms with Crippen molar-refractivity contribution >= 4 is 49.9 Å². The third-order valence-electron chi connectivity index (χ3n) is 4.23. The van der Waals surface area contributed by atoms with Crippen molar-refractivity contribution in [1.29, 1.82) is 0 Å². The summed E-state index contributed by atoms with van der Waals surface area (Å²) in [6, 6.07) is 0. The Balaban J connectivity index is 2.24. The number of carbonyl (C=O) groups is 3. The summed E-state index contributed by atoms with van der Waals surface area (Å²) in [5.41, 5.74) is -2.90. The molecule has 1 aliphatic rings. The number of amides is 1. The number of aliphatic carboxylic acids is 1. The maximum atomic E-state index is 12.3. The molecule has 1 aromatic heterocycles. The van der Waals surface area contributed by atoms with Gasteiger partial charge in [0.2, 0.25) is 0 Å². The molecule has 0 atom stereocenters. The number of hydrazone groups is 1. The molecule has 16 nitrogen and oxygen atoms in total. The van der Waals surface area contributed by atoms with Crippen LogP contribution in [0.2, 0.25) is 0 Å². The molecule has 190 valence electrons. The molecule has 0 aromatic carbocycles. The lowest BCUT2D eigenvalue weighted by Crippen LogP contribution is -2.28. The summed E-state index contributed by atoms with van der Waals surface area (Å²) in [5, 5.41) is 24.7. The molecule has 0 saturated heterocycles. The first-order chi connectivity index (χ1) is 16.1. The van der Waals surface area contributed by atoms with Crippen LogP contribution in [-0.2, 0) is 36.4 Å². The van der Waals surface area contributed by atoms with E-state index in [1.54, 1.807) is 0 Å². The van der Waals surface area contributed by atoms with E-state index >= 15 is 0 Å². The molecule has 0 spiro atoms. The van der Waals surface area contributed by atoms with Crippen LogP contribution in [0.1, 0.15) is 16.1 Å². The summed E-state index contributed by atoms with van der Waals surface area (Å²) in [6.45, 7) is -1.13. The molecule has 0 radical (unpaired) electrons. The minimum atomic E-state index is -4.43. The van der Waals surface area contributed by atoms with E-state index in [1.165, 1.54) is 18.2 Å². The van der Waals surface area contributed by atoms with Crippen molar-refractivity contribution in [3.63, 3.8) is 0 Å². The van der Waals surface area contributed by atoms with Gasteiger partial charge in [-0.1, -0.05) is 18.2 Å². The summed E-state index contributed by atoms with van der Waals surface area (Å²) in [4.78, 5) is 47.3. The molecule has 0 saturated carbocycles. The Labute approximate surface area is 196 Å². The van der Waals surface area contributed by atoms with Gasteiger partial charge in [-0.05, 0) is 12.2 Å². The Morgan fingerprint density at radius 1 is 0.914 bits per heavy atom. The van der Waals surface area contributed by atoms with Crippen molar-refractivity contribution in [2.75, 3.05) is 18.1 Å². The number of nitrogens with zero attached hydrogens (tertiary/aromatic N) is 3. The molecule has 0 aliphatic carbocycles. The number of carbonyl (C=O) groups excluding carboxylic acids is 1. The second-order valence-electron chi connectivity index (χ2n) is 6.74. The van der Waals surface area contributed by atoms with E-state index in [4.69, 9.17) is 9.11 Å². The van der Waals surface area contributed by atoms with Gasteiger partial charge in [0.15, 0.2) is 11.4 Å². The number of nitrogens with one attached hydrogen (secondary N) is 1. The summed E-state index contributed by atoms with van der Waals surface area (Å²) >= 11 is 0. The van der Waals surface area contributed by atoms with Crippen LogP contribution in [0.3, 0.4) is 0 Å². The average molecular weight is 534 g/mol. The molecule has 35 heavy (non-hydrogen) atoms. The van der Waals surface area contributed by atoms with Crippen LogP contribution in [0.5, 0.6) is 0 Å². The maximum Gasteiger partial charge on any atom is 0.357 e. The fourth-order valence-corrected chi connectivity index (χ4v) is 3.49. The molecular weight excluding hydrogens is 516 g/mol. The topological polar surface area (TPSA) is 254 Å². The number of hydrogen-bond acceptors (Lipinski definition) is 9. The standard InChI is InChI=1S/C17H18N4O12S2/c22-14-10(12(16(24)25)18-20(14)6-8-34(28,29)30)4-2-1-3-5-11-13(17(26)27)19-21(15(11)23)7-9-35(31,32)33/h1-5,18H,6-9H2,(H,24,25)(H,26,27)(H,28,29,30)(H,31,32,33)/b3-1+,4-2+,11-5+. The summed E-state index contributed by atoms with van der Waals surface area (Å²) in [5.74, 6) is -5.76. The lowest BCUT2D eigenvalue weighted by Gasteiger charge is -2.09. The van der Waals surface area contributed by atoms with Crippen LogP contribution >= 0.6 is 0 Å². The van der Waals surface area contributed by atoms with Gasteiger partial charge in [0.1, 0.15) is 0 Å². The van der Waals surface area contributed by atoms with Crippen LogP contribution in [0.25, 0.3) is 6.08 Å². The molecule has 1 aliphatic heterocycles. The van der Waals surface area contributed by atoms with Gasteiger partial charge in [-0.25, -0.2) is 14.6 Å². The van der Waals surface area contributed by atoms with Gasteiger partial charge in [-0.3, -0.25) is 28.5 Å². The summed E-state index contributed by atoms with van der Waals surface area (Å²) in [6.07, 6.45) is 5.64. The molecule has 0 unspecified atom stereocenters. The van der Waals surface area contributed by atoms with Crippen molar-refractivity contribution < 1.29 is 50.5 Å². The van der Waals surface area contributed by atoms with E-state index in [-0.39, 0.29) is 5.56 Å². The third kappa shape index (κ3) is 7.57. The first-order valence-corrected chi connectivity index (χ1v) is 12.5. The summed E-state index contributed by atoms with van der Waals surface area (Å²) < 4.78 is 61.6. The fourth-order valence-electron chi connectivity index (χ4n) is 2.67. The second-order valence-corrected chi connectivity index (χ2v) is 9.89. The number of aromatic amines is 1. The molecular formula is C17H18N4O12S2. The highest BCUT2D eigenvalue weighted by atomic mass is 32.2. The van der Waals surface area contributed by atoms with Gasteiger partial charge in [0, 0.05) is 0 Å². The number of carboxylic acid groups (broad SMARTS) is 2. The number of carboxylic acids is 2. The summed E-state index contributed by atoms with van der Waals surface area (Å²) in [7, 11) is -8.84. The number of aryl methyl sites for hydroxylation is 1. The Kier molecular flexibility index (Phi) is 8.28. The lowest BCUT2D eigenvalue weighted by molar-refractivity contribution is -0.129. The van der Waals surface area contributed by atoms with Crippen LogP contribution in [0, 0.1) is 0 Å². The number of hydrogen-bond donors (Lipinski definition) is 5. The molecule has 2 heterocycles. The van der Waals surface area contributed by atoms with Crippen LogP contribution < -0.4 is 5.56 Å². The highest BCUT2D eigenvalue weighted by Crippen LogP contribution is 2.16. The normalized spacial score (nSPS) is 16.1. The highest BCUT2D eigenvalue weighted by Gasteiger charge is 2.34. The van der Waals surface area contributed by atoms with Gasteiger partial charge in [0.25, 0.3) is 31.7 Å². The zero-order valence-electron chi connectivity index (χ0n) is 17.4. The average Bonchev–Trinajstić information content (AvgIpc) is 3.21. The van der Waals surface area contributed by atoms with Gasteiger partial charge in [-0.15, -0.1) is 0 Å². The largest absolute Gasteiger partial charge is 0.477 e. The van der Waals surface area contributed by atoms with E-state index in [9.17, 15) is 46.2 Å². The number of allylic oxidation sites excluding steroid dienone is 4. The van der Waals surface area contributed by atoms with Crippen molar-refractivity contribution in [2.24, 2.45) is 5.10 Å². The Morgan fingerprint density at radius 3 is 2.06 bits per heavy atom. The van der Waals surface area contributed by atoms with E-state index in [0.29, 0.717) is 9.69 Å². The first kappa shape index (κ1) is 27.4. The van der Waals surface area contributed by atoms with E-state index < -0.39 is 85.2 Å². The number of aromatic nitrogens is 2. The molecule has 5 N–H and O–H groups in total. The van der Waals surface area contributed by atoms with Gasteiger partial charge >= 0.3 is 11.9 Å². The number of aromatic carboxylic acids is 1. The zero-order chi connectivity index (χ0) is 26.6. The predicted molar refractivity (Wildman–Crippen MR) is 118 cm³/mol. The number of H-pyrrole nitrogens is 1. The van der Waals surface area contributed by atoms with Crippen molar-refractivity contribution in [2.45, 2.75) is 6.54 Å². The van der Waals surface area contributed by atoms with E-state index in [2.05, 4.69) is 10.2 Å². The molecule has 0 fully saturated rings. The van der Waals surface area contributed by atoms with Gasteiger partial charge < -0.3 is 10.2 Å². The highest BCUT2D eigenvalue weighted by molar-refractivity contribution is 7.86. The van der Waals surface area contributed by atoms with Crippen LogP contribution in [-0.4, -0.2) is 92.6 Å². The van der Waals surface area contributed by atoms with E-state index in [0.717, 1.165) is 12.2 Å². The SMILES string of the molecule is O=C(O)C1=NN(CCS(=O)(=O)O)C(=O)/C1=C/C=C/C=C/c1c(C(=O)O)[nH]n(CCS(=O)(=O)O)c1=O. The smallest absolute Gasteiger partial charge is 0.357 e.